The molecular formula is C24H26N8O3. The van der Waals surface area contributed by atoms with Gasteiger partial charge in [-0.3, -0.25) is 19.2 Å². The number of carbonyl (C=O) groups is 2. The van der Waals surface area contributed by atoms with Crippen molar-refractivity contribution in [3.05, 3.63) is 66.5 Å². The van der Waals surface area contributed by atoms with Crippen molar-refractivity contribution in [1.82, 2.24) is 30.0 Å². The maximum absolute atomic E-state index is 12.8. The molecule has 1 aliphatic rings. The number of aryl methyl sites for hydroxylation is 1. The van der Waals surface area contributed by atoms with Gasteiger partial charge in [0.15, 0.2) is 5.65 Å². The summed E-state index contributed by atoms with van der Waals surface area (Å²) in [5.41, 5.74) is 1.68. The third-order valence-corrected chi connectivity index (χ3v) is 6.00. The second kappa shape index (κ2) is 9.94. The predicted octanol–water partition coefficient (Wildman–Crippen LogP) is 1.65. The van der Waals surface area contributed by atoms with E-state index in [1.165, 1.54) is 0 Å². The zero-order valence-corrected chi connectivity index (χ0v) is 19.3. The lowest BCUT2D eigenvalue weighted by atomic mass is 10.1. The highest BCUT2D eigenvalue weighted by molar-refractivity contribution is 6.04. The third-order valence-electron chi connectivity index (χ3n) is 6.00. The Bertz CT molecular complexity index is 1330. The third kappa shape index (κ3) is 4.99. The topological polar surface area (TPSA) is 121 Å². The zero-order valence-electron chi connectivity index (χ0n) is 19.3. The molecule has 0 saturated carbocycles. The molecule has 11 heteroatoms. The summed E-state index contributed by atoms with van der Waals surface area (Å²) >= 11 is 0. The fourth-order valence-corrected chi connectivity index (χ4v) is 4.18. The molecule has 4 aromatic rings. The number of benzene rings is 1. The van der Waals surface area contributed by atoms with Crippen molar-refractivity contribution in [2.45, 2.75) is 6.54 Å². The molecule has 180 valence electrons. The van der Waals surface area contributed by atoms with Crippen LogP contribution in [0.3, 0.4) is 0 Å². The van der Waals surface area contributed by atoms with Gasteiger partial charge in [-0.15, -0.1) is 0 Å². The molecule has 3 aromatic heterocycles. The SMILES string of the molecule is Cn1ncc2c(N3CCN(CC(=O)Nc4ccccc4C(=O)NCc4ccco4)CC3)ncnc21. The minimum atomic E-state index is -0.280. The fourth-order valence-electron chi connectivity index (χ4n) is 4.18. The molecule has 2 amide bonds. The Labute approximate surface area is 201 Å². The van der Waals surface area contributed by atoms with Gasteiger partial charge in [0.1, 0.15) is 17.9 Å². The van der Waals surface area contributed by atoms with Crippen molar-refractivity contribution in [3.8, 4) is 0 Å². The summed E-state index contributed by atoms with van der Waals surface area (Å²) in [6.07, 6.45) is 4.90. The number of hydrogen-bond acceptors (Lipinski definition) is 8. The van der Waals surface area contributed by atoms with Crippen LogP contribution >= 0.6 is 0 Å². The summed E-state index contributed by atoms with van der Waals surface area (Å²) in [4.78, 5) is 38.5. The lowest BCUT2D eigenvalue weighted by Crippen LogP contribution is -2.49. The molecule has 0 aliphatic carbocycles. The zero-order chi connectivity index (χ0) is 24.2. The minimum absolute atomic E-state index is 0.165. The van der Waals surface area contributed by atoms with E-state index in [0.717, 1.165) is 29.9 Å². The lowest BCUT2D eigenvalue weighted by molar-refractivity contribution is -0.117. The highest BCUT2D eigenvalue weighted by Crippen LogP contribution is 2.23. The quantitative estimate of drug-likeness (QED) is 0.415. The van der Waals surface area contributed by atoms with E-state index in [0.29, 0.717) is 30.1 Å². The van der Waals surface area contributed by atoms with E-state index in [1.807, 2.05) is 7.05 Å². The number of piperazine rings is 1. The summed E-state index contributed by atoms with van der Waals surface area (Å²) in [6.45, 7) is 3.41. The summed E-state index contributed by atoms with van der Waals surface area (Å²) in [5, 5.41) is 10.9. The van der Waals surface area contributed by atoms with Crippen LogP contribution in [0.2, 0.25) is 0 Å². The molecule has 5 rings (SSSR count). The molecule has 35 heavy (non-hydrogen) atoms. The Balaban J connectivity index is 1.16. The maximum atomic E-state index is 12.8. The van der Waals surface area contributed by atoms with Gasteiger partial charge in [0.05, 0.1) is 42.2 Å². The van der Waals surface area contributed by atoms with Crippen LogP contribution in [0.5, 0.6) is 0 Å². The molecule has 0 radical (unpaired) electrons. The van der Waals surface area contributed by atoms with E-state index in [2.05, 4.69) is 35.5 Å². The summed E-state index contributed by atoms with van der Waals surface area (Å²) in [6, 6.07) is 10.5. The van der Waals surface area contributed by atoms with Gasteiger partial charge in [0.25, 0.3) is 5.91 Å². The number of furan rings is 1. The van der Waals surface area contributed by atoms with Crippen LogP contribution < -0.4 is 15.5 Å². The molecular weight excluding hydrogens is 448 g/mol. The normalized spacial score (nSPS) is 14.3. The second-order valence-corrected chi connectivity index (χ2v) is 8.32. The molecule has 0 spiro atoms. The molecule has 2 N–H and O–H groups in total. The molecule has 1 aliphatic heterocycles. The first-order valence-electron chi connectivity index (χ1n) is 11.4. The molecule has 1 aromatic carbocycles. The fraction of sp³-hybridized carbons (Fsp3) is 0.292. The van der Waals surface area contributed by atoms with Crippen molar-refractivity contribution in [3.63, 3.8) is 0 Å². The number of hydrogen-bond donors (Lipinski definition) is 2. The summed E-state index contributed by atoms with van der Waals surface area (Å²) < 4.78 is 6.98. The van der Waals surface area contributed by atoms with E-state index in [4.69, 9.17) is 4.42 Å². The van der Waals surface area contributed by atoms with E-state index < -0.39 is 0 Å². The monoisotopic (exact) mass is 474 g/mol. The van der Waals surface area contributed by atoms with Gasteiger partial charge < -0.3 is 20.0 Å². The van der Waals surface area contributed by atoms with Crippen molar-refractivity contribution in [1.29, 1.82) is 0 Å². The van der Waals surface area contributed by atoms with Crippen molar-refractivity contribution >= 4 is 34.4 Å². The van der Waals surface area contributed by atoms with Crippen LogP contribution in [-0.4, -0.2) is 69.2 Å². The van der Waals surface area contributed by atoms with E-state index in [1.54, 1.807) is 59.9 Å². The number of nitrogens with zero attached hydrogens (tertiary/aromatic N) is 6. The Morgan fingerprint density at radius 1 is 1.06 bits per heavy atom. The number of amides is 2. The Morgan fingerprint density at radius 2 is 1.89 bits per heavy atom. The van der Waals surface area contributed by atoms with Crippen LogP contribution in [0.25, 0.3) is 11.0 Å². The van der Waals surface area contributed by atoms with Gasteiger partial charge in [-0.25, -0.2) is 9.97 Å². The van der Waals surface area contributed by atoms with E-state index >= 15 is 0 Å². The van der Waals surface area contributed by atoms with Crippen LogP contribution in [-0.2, 0) is 18.4 Å². The Hall–Kier alpha value is -4.25. The van der Waals surface area contributed by atoms with E-state index in [-0.39, 0.29) is 24.9 Å². The molecule has 11 nitrogen and oxygen atoms in total. The van der Waals surface area contributed by atoms with Gasteiger partial charge in [-0.2, -0.15) is 5.10 Å². The first-order chi connectivity index (χ1) is 17.1. The van der Waals surface area contributed by atoms with E-state index in [9.17, 15) is 9.59 Å². The smallest absolute Gasteiger partial charge is 0.253 e. The average Bonchev–Trinajstić information content (AvgIpc) is 3.53. The molecule has 0 bridgehead atoms. The molecule has 4 heterocycles. The van der Waals surface area contributed by atoms with Crippen molar-refractivity contribution in [2.75, 3.05) is 42.9 Å². The number of rotatable bonds is 7. The average molecular weight is 475 g/mol. The number of nitrogens with one attached hydrogen (secondary N) is 2. The van der Waals surface area contributed by atoms with Gasteiger partial charge in [0, 0.05) is 33.2 Å². The minimum Gasteiger partial charge on any atom is -0.467 e. The second-order valence-electron chi connectivity index (χ2n) is 8.32. The highest BCUT2D eigenvalue weighted by Gasteiger charge is 2.23. The summed E-state index contributed by atoms with van der Waals surface area (Å²) in [5.74, 6) is 1.07. The summed E-state index contributed by atoms with van der Waals surface area (Å²) in [7, 11) is 1.86. The highest BCUT2D eigenvalue weighted by atomic mass is 16.3. The number of fused-ring (bicyclic) bond motifs is 1. The van der Waals surface area contributed by atoms with Gasteiger partial charge in [-0.1, -0.05) is 12.1 Å². The Morgan fingerprint density at radius 3 is 2.69 bits per heavy atom. The van der Waals surface area contributed by atoms with Gasteiger partial charge in [-0.05, 0) is 24.3 Å². The van der Waals surface area contributed by atoms with Crippen LogP contribution in [0.1, 0.15) is 16.1 Å². The van der Waals surface area contributed by atoms with Crippen molar-refractivity contribution < 1.29 is 14.0 Å². The number of anilines is 2. The number of carbonyl (C=O) groups excluding carboxylic acids is 2. The lowest BCUT2D eigenvalue weighted by Gasteiger charge is -2.35. The first-order valence-corrected chi connectivity index (χ1v) is 11.4. The number of aromatic nitrogens is 4. The molecule has 0 atom stereocenters. The first kappa shape index (κ1) is 22.5. The molecule has 0 unspecified atom stereocenters. The van der Waals surface area contributed by atoms with Gasteiger partial charge in [0.2, 0.25) is 5.91 Å². The van der Waals surface area contributed by atoms with Crippen molar-refractivity contribution in [2.24, 2.45) is 7.05 Å². The van der Waals surface area contributed by atoms with Crippen LogP contribution in [0.4, 0.5) is 11.5 Å². The standard InChI is InChI=1S/C24H26N8O3/c1-30-22-19(14-28-30)23(27-16-26-22)32-10-8-31(9-11-32)15-21(33)29-20-7-3-2-6-18(20)24(34)25-13-17-5-4-12-35-17/h2-7,12,14,16H,8-11,13,15H2,1H3,(H,25,34)(H,29,33). The molecule has 1 fully saturated rings. The largest absolute Gasteiger partial charge is 0.467 e. The Kier molecular flexibility index (Phi) is 6.40. The van der Waals surface area contributed by atoms with Crippen LogP contribution in [0.15, 0.2) is 59.6 Å². The van der Waals surface area contributed by atoms with Gasteiger partial charge >= 0.3 is 0 Å². The molecule has 1 saturated heterocycles. The number of para-hydroxylation sites is 1. The van der Waals surface area contributed by atoms with Crippen LogP contribution in [0, 0.1) is 0 Å². The predicted molar refractivity (Wildman–Crippen MR) is 130 cm³/mol. The maximum Gasteiger partial charge on any atom is 0.253 e.